The summed E-state index contributed by atoms with van der Waals surface area (Å²) in [5.74, 6) is 0.805. The molecule has 3 heteroatoms. The van der Waals surface area contributed by atoms with Crippen LogP contribution in [0.3, 0.4) is 0 Å². The van der Waals surface area contributed by atoms with Crippen LogP contribution in [0.2, 0.25) is 0 Å². The van der Waals surface area contributed by atoms with Gasteiger partial charge in [0.2, 0.25) is 0 Å². The molecule has 0 aromatic carbocycles. The summed E-state index contributed by atoms with van der Waals surface area (Å²) in [6, 6.07) is 0. The number of hydrogen-bond acceptors (Lipinski definition) is 2. The molecule has 1 fully saturated rings. The molecule has 1 saturated carbocycles. The Morgan fingerprint density at radius 2 is 2.16 bits per heavy atom. The van der Waals surface area contributed by atoms with Crippen LogP contribution in [0, 0.1) is 11.3 Å². The van der Waals surface area contributed by atoms with Gasteiger partial charge in [0.1, 0.15) is 0 Å². The Morgan fingerprint density at radius 1 is 1.37 bits per heavy atom. The average Bonchev–Trinajstić information content (AvgIpc) is 2.98. The summed E-state index contributed by atoms with van der Waals surface area (Å²) in [6.07, 6.45) is 10.3. The maximum Gasteiger partial charge on any atom is 0.0952 e. The Hall–Kier alpha value is -0.830. The second kappa shape index (κ2) is 5.28. The van der Waals surface area contributed by atoms with Gasteiger partial charge in [0.05, 0.1) is 12.0 Å². The summed E-state index contributed by atoms with van der Waals surface area (Å²) < 4.78 is 2.48. The molecule has 1 aromatic rings. The summed E-state index contributed by atoms with van der Waals surface area (Å²) in [5, 5.41) is 3.41. The fraction of sp³-hybridized carbons (Fsp3) is 0.812. The van der Waals surface area contributed by atoms with Crippen molar-refractivity contribution in [3.63, 3.8) is 0 Å². The summed E-state index contributed by atoms with van der Waals surface area (Å²) in [4.78, 5) is 4.61. The van der Waals surface area contributed by atoms with Crippen molar-refractivity contribution < 1.29 is 0 Å². The molecule has 0 unspecified atom stereocenters. The Morgan fingerprint density at radius 3 is 2.89 bits per heavy atom. The monoisotopic (exact) mass is 261 g/mol. The molecule has 0 amide bonds. The van der Waals surface area contributed by atoms with E-state index < -0.39 is 0 Å². The first kappa shape index (κ1) is 13.2. The highest BCUT2D eigenvalue weighted by molar-refractivity contribution is 5.16. The summed E-state index contributed by atoms with van der Waals surface area (Å²) >= 11 is 0. The predicted octanol–water partition coefficient (Wildman–Crippen LogP) is 3.14. The number of nitrogens with one attached hydrogen (secondary N) is 1. The highest BCUT2D eigenvalue weighted by atomic mass is 15.1. The van der Waals surface area contributed by atoms with Crippen molar-refractivity contribution in [2.75, 3.05) is 6.54 Å². The fourth-order valence-electron chi connectivity index (χ4n) is 4.21. The van der Waals surface area contributed by atoms with Crippen molar-refractivity contribution in [2.45, 2.75) is 65.5 Å². The quantitative estimate of drug-likeness (QED) is 0.902. The molecule has 3 rings (SSSR count). The number of fused-ring (bicyclic) bond motifs is 1. The van der Waals surface area contributed by atoms with E-state index >= 15 is 0 Å². The summed E-state index contributed by atoms with van der Waals surface area (Å²) in [5.41, 5.74) is 3.32. The molecule has 0 spiro atoms. The highest BCUT2D eigenvalue weighted by Gasteiger charge is 2.35. The van der Waals surface area contributed by atoms with Gasteiger partial charge in [-0.25, -0.2) is 4.98 Å². The van der Waals surface area contributed by atoms with Crippen molar-refractivity contribution in [2.24, 2.45) is 11.3 Å². The number of imidazole rings is 1. The predicted molar refractivity (Wildman–Crippen MR) is 78.0 cm³/mol. The molecule has 3 nitrogen and oxygen atoms in total. The number of nitrogens with zero attached hydrogens (tertiary/aromatic N) is 2. The molecular weight excluding hydrogens is 234 g/mol. The second-order valence-electron chi connectivity index (χ2n) is 7.00. The van der Waals surface area contributed by atoms with Gasteiger partial charge < -0.3 is 9.88 Å². The van der Waals surface area contributed by atoms with Gasteiger partial charge in [0.25, 0.3) is 0 Å². The van der Waals surface area contributed by atoms with Crippen molar-refractivity contribution in [3.05, 3.63) is 17.7 Å². The molecule has 106 valence electrons. The topological polar surface area (TPSA) is 29.9 Å². The van der Waals surface area contributed by atoms with Crippen LogP contribution in [-0.4, -0.2) is 16.1 Å². The summed E-state index contributed by atoms with van der Waals surface area (Å²) in [6.45, 7) is 8.00. The van der Waals surface area contributed by atoms with E-state index in [1.807, 2.05) is 0 Å². The van der Waals surface area contributed by atoms with E-state index in [1.165, 1.54) is 50.0 Å². The number of rotatable bonds is 4. The van der Waals surface area contributed by atoms with Crippen LogP contribution < -0.4 is 5.32 Å². The molecule has 1 aliphatic carbocycles. The minimum Gasteiger partial charge on any atom is -0.334 e. The molecule has 0 bridgehead atoms. The van der Waals surface area contributed by atoms with Crippen molar-refractivity contribution in [1.82, 2.24) is 14.9 Å². The van der Waals surface area contributed by atoms with E-state index in [4.69, 9.17) is 0 Å². The largest absolute Gasteiger partial charge is 0.334 e. The van der Waals surface area contributed by atoms with Gasteiger partial charge in [0.15, 0.2) is 0 Å². The van der Waals surface area contributed by atoms with Gasteiger partial charge >= 0.3 is 0 Å². The molecule has 0 saturated heterocycles. The van der Waals surface area contributed by atoms with Crippen LogP contribution in [0.4, 0.5) is 0 Å². The molecule has 2 heterocycles. The van der Waals surface area contributed by atoms with E-state index in [2.05, 4.69) is 35.0 Å². The van der Waals surface area contributed by atoms with Gasteiger partial charge in [-0.2, -0.15) is 0 Å². The maximum absolute atomic E-state index is 4.61. The SMILES string of the molecule is CC(C)CC1(Cn2cnc3c2CCNC3)CCCC1. The molecule has 1 aromatic heterocycles. The number of hydrogen-bond donors (Lipinski definition) is 1. The first-order valence-corrected chi connectivity index (χ1v) is 7.92. The van der Waals surface area contributed by atoms with Gasteiger partial charge in [-0.05, 0) is 30.6 Å². The zero-order valence-electron chi connectivity index (χ0n) is 12.4. The highest BCUT2D eigenvalue weighted by Crippen LogP contribution is 2.44. The summed E-state index contributed by atoms with van der Waals surface area (Å²) in [7, 11) is 0. The lowest BCUT2D eigenvalue weighted by molar-refractivity contribution is 0.195. The van der Waals surface area contributed by atoms with Gasteiger partial charge in [-0.1, -0.05) is 26.7 Å². The maximum atomic E-state index is 4.61. The first-order chi connectivity index (χ1) is 9.19. The third-order valence-electron chi connectivity index (χ3n) is 4.88. The van der Waals surface area contributed by atoms with E-state index in [-0.39, 0.29) is 0 Å². The van der Waals surface area contributed by atoms with E-state index in [0.29, 0.717) is 5.41 Å². The Bertz CT molecular complexity index is 427. The first-order valence-electron chi connectivity index (χ1n) is 7.92. The van der Waals surface area contributed by atoms with E-state index in [0.717, 1.165) is 25.4 Å². The molecule has 1 aliphatic heterocycles. The zero-order chi connectivity index (χ0) is 13.3. The lowest BCUT2D eigenvalue weighted by atomic mass is 9.78. The van der Waals surface area contributed by atoms with E-state index in [1.54, 1.807) is 0 Å². The van der Waals surface area contributed by atoms with Crippen LogP contribution >= 0.6 is 0 Å². The standard InChI is InChI=1S/C16H27N3/c1-13(2)9-16(6-3-4-7-16)11-19-12-18-14-10-17-8-5-15(14)19/h12-13,17H,3-11H2,1-2H3. The Labute approximate surface area is 116 Å². The van der Waals surface area contributed by atoms with Gasteiger partial charge in [-0.15, -0.1) is 0 Å². The minimum atomic E-state index is 0.549. The van der Waals surface area contributed by atoms with Gasteiger partial charge in [-0.3, -0.25) is 0 Å². The fourth-order valence-corrected chi connectivity index (χ4v) is 4.21. The molecule has 2 aliphatic rings. The third kappa shape index (κ3) is 2.71. The van der Waals surface area contributed by atoms with Crippen LogP contribution in [0.5, 0.6) is 0 Å². The van der Waals surface area contributed by atoms with Crippen LogP contribution in [0.25, 0.3) is 0 Å². The zero-order valence-corrected chi connectivity index (χ0v) is 12.4. The molecule has 19 heavy (non-hydrogen) atoms. The Balaban J connectivity index is 1.80. The normalized spacial score (nSPS) is 21.8. The van der Waals surface area contributed by atoms with Crippen LogP contribution in [0.15, 0.2) is 6.33 Å². The molecule has 0 atom stereocenters. The lowest BCUT2D eigenvalue weighted by Gasteiger charge is -2.32. The Kier molecular flexibility index (Phi) is 3.66. The molecule has 0 radical (unpaired) electrons. The van der Waals surface area contributed by atoms with Crippen LogP contribution in [-0.2, 0) is 19.5 Å². The third-order valence-corrected chi connectivity index (χ3v) is 4.88. The van der Waals surface area contributed by atoms with Crippen molar-refractivity contribution in [3.8, 4) is 0 Å². The van der Waals surface area contributed by atoms with E-state index in [9.17, 15) is 0 Å². The second-order valence-corrected chi connectivity index (χ2v) is 7.00. The van der Waals surface area contributed by atoms with Crippen molar-refractivity contribution in [1.29, 1.82) is 0 Å². The number of aromatic nitrogens is 2. The van der Waals surface area contributed by atoms with Gasteiger partial charge in [0, 0.05) is 31.7 Å². The van der Waals surface area contributed by atoms with Crippen molar-refractivity contribution >= 4 is 0 Å². The molecule has 1 N–H and O–H groups in total. The smallest absolute Gasteiger partial charge is 0.0952 e. The minimum absolute atomic E-state index is 0.549. The molecular formula is C16H27N3. The lowest BCUT2D eigenvalue weighted by Crippen LogP contribution is -2.29. The van der Waals surface area contributed by atoms with Crippen LogP contribution in [0.1, 0.15) is 57.3 Å². The average molecular weight is 261 g/mol.